The van der Waals surface area contributed by atoms with Gasteiger partial charge in [-0.25, -0.2) is 18.9 Å². The molecule has 1 aromatic heterocycles. The van der Waals surface area contributed by atoms with Gasteiger partial charge in [-0.3, -0.25) is 0 Å². The van der Waals surface area contributed by atoms with Gasteiger partial charge in [-0.2, -0.15) is 4.99 Å². The highest BCUT2D eigenvalue weighted by Crippen LogP contribution is 2.34. The number of carbonyl (C=O) groups is 1. The van der Waals surface area contributed by atoms with E-state index in [1.54, 1.807) is 24.3 Å². The molecule has 0 aliphatic heterocycles. The number of thioether (sulfide) groups is 1. The molecule has 5 aromatic carbocycles. The second-order valence-corrected chi connectivity index (χ2v) is 14.6. The predicted molar refractivity (Wildman–Crippen MR) is 219 cm³/mol. The number of halogens is 5. The molecule has 1 unspecified atom stereocenters. The van der Waals surface area contributed by atoms with E-state index in [4.69, 9.17) is 11.6 Å². The number of aromatic nitrogens is 3. The van der Waals surface area contributed by atoms with Gasteiger partial charge in [0, 0.05) is 28.6 Å². The highest BCUT2D eigenvalue weighted by Gasteiger charge is 2.31. The zero-order valence-electron chi connectivity index (χ0n) is 31.0. The van der Waals surface area contributed by atoms with E-state index < -0.39 is 18.6 Å². The number of hydrogen-bond donors (Lipinski definition) is 1. The standard InChI is InChI=1S/C43H39ClF4N6O2S/c1-29(2)37-22-17-34(44)25-39(37)53(24-23-30-9-5-3-6-10-30)42(57-27-31-11-7-4-8-12-31)51-41(55)49-26-38(45)32-13-15-33(16-14-32)40-50-28-54(52-40)35-18-20-36(21-19-35)56-43(46,47)48/h3-22,25,28-29,38H,23-24,26-27H2,1-2H3,(H,49,55). The van der Waals surface area contributed by atoms with Gasteiger partial charge in [-0.1, -0.05) is 128 Å². The molecule has 1 N–H and O–H groups in total. The summed E-state index contributed by atoms with van der Waals surface area (Å²) in [5.74, 6) is 0.666. The molecule has 0 spiro atoms. The van der Waals surface area contributed by atoms with E-state index in [0.717, 1.165) is 22.4 Å². The van der Waals surface area contributed by atoms with E-state index in [1.165, 1.54) is 47.0 Å². The molecule has 0 bridgehead atoms. The van der Waals surface area contributed by atoms with Crippen LogP contribution in [0.1, 0.15) is 48.2 Å². The summed E-state index contributed by atoms with van der Waals surface area (Å²) in [7, 11) is 0. The van der Waals surface area contributed by atoms with Gasteiger partial charge in [0.05, 0.1) is 12.2 Å². The number of nitrogens with one attached hydrogen (secondary N) is 1. The number of urea groups is 1. The average Bonchev–Trinajstić information content (AvgIpc) is 3.70. The van der Waals surface area contributed by atoms with Crippen LogP contribution in [-0.4, -0.2) is 45.4 Å². The molecular formula is C43H39ClF4N6O2S. The van der Waals surface area contributed by atoms with E-state index in [2.05, 4.69) is 51.1 Å². The van der Waals surface area contributed by atoms with Crippen molar-refractivity contribution in [1.29, 1.82) is 0 Å². The maximum Gasteiger partial charge on any atom is 0.573 e. The molecule has 0 saturated heterocycles. The number of rotatable bonds is 13. The van der Waals surface area contributed by atoms with Crippen LogP contribution in [0.25, 0.3) is 17.1 Å². The lowest BCUT2D eigenvalue weighted by Crippen LogP contribution is -2.34. The molecule has 57 heavy (non-hydrogen) atoms. The van der Waals surface area contributed by atoms with Crippen molar-refractivity contribution in [3.8, 4) is 22.8 Å². The van der Waals surface area contributed by atoms with Crippen molar-refractivity contribution in [2.45, 2.75) is 44.5 Å². The second kappa shape index (κ2) is 19.0. The van der Waals surface area contributed by atoms with E-state index >= 15 is 4.39 Å². The lowest BCUT2D eigenvalue weighted by molar-refractivity contribution is -0.274. The molecule has 14 heteroatoms. The van der Waals surface area contributed by atoms with Crippen LogP contribution in [0.5, 0.6) is 5.75 Å². The first-order chi connectivity index (χ1) is 27.4. The number of aliphatic imine (C=N–C) groups is 1. The summed E-state index contributed by atoms with van der Waals surface area (Å²) in [6.07, 6.45) is -4.25. The number of hydrogen-bond acceptors (Lipinski definition) is 5. The third kappa shape index (κ3) is 11.7. The molecule has 0 aliphatic rings. The lowest BCUT2D eigenvalue weighted by atomic mass is 10.00. The zero-order valence-corrected chi connectivity index (χ0v) is 32.6. The van der Waals surface area contributed by atoms with Gasteiger partial charge < -0.3 is 15.0 Å². The number of alkyl halides is 4. The average molecular weight is 815 g/mol. The molecule has 1 heterocycles. The van der Waals surface area contributed by atoms with Crippen molar-refractivity contribution in [1.82, 2.24) is 20.1 Å². The van der Waals surface area contributed by atoms with Crippen LogP contribution >= 0.6 is 23.4 Å². The van der Waals surface area contributed by atoms with Gasteiger partial charge in [-0.15, -0.1) is 18.3 Å². The Morgan fingerprint density at radius 1 is 0.912 bits per heavy atom. The lowest BCUT2D eigenvalue weighted by Gasteiger charge is -2.29. The number of nitrogens with zero attached hydrogens (tertiary/aromatic N) is 5. The summed E-state index contributed by atoms with van der Waals surface area (Å²) in [4.78, 5) is 24.4. The number of anilines is 1. The highest BCUT2D eigenvalue weighted by molar-refractivity contribution is 8.13. The SMILES string of the molecule is CC(C)c1ccc(Cl)cc1N(CCc1ccccc1)C(=NC(=O)NCC(F)c1ccc(-c2ncn(-c3ccc(OC(F)(F)F)cc3)n2)cc1)SCc1ccccc1. The number of carbonyl (C=O) groups excluding carboxylic acids is 1. The molecule has 0 fully saturated rings. The second-order valence-electron chi connectivity index (χ2n) is 13.2. The highest BCUT2D eigenvalue weighted by atomic mass is 35.5. The molecule has 6 rings (SSSR count). The Labute approximate surface area is 337 Å². The fourth-order valence-corrected chi connectivity index (χ4v) is 7.07. The van der Waals surface area contributed by atoms with E-state index in [0.29, 0.717) is 51.5 Å². The first-order valence-corrected chi connectivity index (χ1v) is 19.4. The van der Waals surface area contributed by atoms with Gasteiger partial charge >= 0.3 is 12.4 Å². The van der Waals surface area contributed by atoms with Crippen molar-refractivity contribution < 1.29 is 27.1 Å². The summed E-state index contributed by atoms with van der Waals surface area (Å²) in [6.45, 7) is 4.38. The van der Waals surface area contributed by atoms with Crippen molar-refractivity contribution in [2.75, 3.05) is 18.0 Å². The van der Waals surface area contributed by atoms with Crippen LogP contribution in [0, 0.1) is 0 Å². The number of benzene rings is 5. The summed E-state index contributed by atoms with van der Waals surface area (Å²) in [5, 5.41) is 8.06. The van der Waals surface area contributed by atoms with Crippen LogP contribution < -0.4 is 15.0 Å². The Bertz CT molecular complexity index is 2250. The van der Waals surface area contributed by atoms with Crippen molar-refractivity contribution in [3.05, 3.63) is 161 Å². The summed E-state index contributed by atoms with van der Waals surface area (Å²) >= 11 is 7.98. The summed E-state index contributed by atoms with van der Waals surface area (Å²) in [6, 6.07) is 36.7. The number of ether oxygens (including phenoxy) is 1. The minimum atomic E-state index is -4.79. The van der Waals surface area contributed by atoms with E-state index in [-0.39, 0.29) is 18.2 Å². The third-order valence-corrected chi connectivity index (χ3v) is 10.1. The van der Waals surface area contributed by atoms with Crippen molar-refractivity contribution >= 4 is 40.2 Å². The quantitative estimate of drug-likeness (QED) is 0.0710. The summed E-state index contributed by atoms with van der Waals surface area (Å²) < 4.78 is 58.5. The molecule has 0 saturated carbocycles. The van der Waals surface area contributed by atoms with Gasteiger partial charge in [0.15, 0.2) is 11.0 Å². The first-order valence-electron chi connectivity index (χ1n) is 18.1. The van der Waals surface area contributed by atoms with E-state index in [1.807, 2.05) is 71.6 Å². The Morgan fingerprint density at radius 3 is 2.23 bits per heavy atom. The molecule has 0 radical (unpaired) electrons. The number of amidine groups is 1. The number of amides is 2. The first kappa shape index (κ1) is 41.0. The largest absolute Gasteiger partial charge is 0.573 e. The van der Waals surface area contributed by atoms with Crippen LogP contribution in [0.4, 0.5) is 28.0 Å². The fourth-order valence-electron chi connectivity index (χ4n) is 5.92. The molecule has 8 nitrogen and oxygen atoms in total. The monoisotopic (exact) mass is 814 g/mol. The van der Waals surface area contributed by atoms with Crippen LogP contribution in [0.3, 0.4) is 0 Å². The Hall–Kier alpha value is -5.66. The topological polar surface area (TPSA) is 84.6 Å². The molecule has 6 aromatic rings. The third-order valence-electron chi connectivity index (χ3n) is 8.80. The fraction of sp³-hybridized carbons (Fsp3) is 0.209. The zero-order chi connectivity index (χ0) is 40.4. The van der Waals surface area contributed by atoms with Crippen LogP contribution in [0.2, 0.25) is 5.02 Å². The maximum absolute atomic E-state index is 15.6. The Morgan fingerprint density at radius 2 is 1.58 bits per heavy atom. The van der Waals surface area contributed by atoms with Crippen LogP contribution in [-0.2, 0) is 12.2 Å². The summed E-state index contributed by atoms with van der Waals surface area (Å²) in [5.41, 5.74) is 5.45. The Kier molecular flexibility index (Phi) is 13.7. The van der Waals surface area contributed by atoms with Crippen molar-refractivity contribution in [3.63, 3.8) is 0 Å². The molecular weight excluding hydrogens is 776 g/mol. The van der Waals surface area contributed by atoms with Gasteiger partial charge in [-0.05, 0) is 71.0 Å². The molecule has 0 aliphatic carbocycles. The van der Waals surface area contributed by atoms with Gasteiger partial charge in [0.1, 0.15) is 18.2 Å². The van der Waals surface area contributed by atoms with E-state index in [9.17, 15) is 18.0 Å². The normalized spacial score (nSPS) is 12.4. The predicted octanol–water partition coefficient (Wildman–Crippen LogP) is 11.4. The minimum Gasteiger partial charge on any atom is -0.406 e. The maximum atomic E-state index is 15.6. The van der Waals surface area contributed by atoms with Gasteiger partial charge in [0.2, 0.25) is 0 Å². The van der Waals surface area contributed by atoms with Crippen molar-refractivity contribution in [2.24, 2.45) is 4.99 Å². The van der Waals surface area contributed by atoms with Crippen LogP contribution in [0.15, 0.2) is 139 Å². The minimum absolute atomic E-state index is 0.151. The Balaban J connectivity index is 1.17. The molecule has 1 atom stereocenters. The smallest absolute Gasteiger partial charge is 0.406 e. The molecule has 2 amide bonds. The molecule has 294 valence electrons. The van der Waals surface area contributed by atoms with Gasteiger partial charge in [0.25, 0.3) is 0 Å².